The van der Waals surface area contributed by atoms with E-state index in [2.05, 4.69) is 23.0 Å². The first kappa shape index (κ1) is 14.8. The highest BCUT2D eigenvalue weighted by Crippen LogP contribution is 2.48. The molecule has 1 aromatic rings. The van der Waals surface area contributed by atoms with Gasteiger partial charge in [0, 0.05) is 31.4 Å². The summed E-state index contributed by atoms with van der Waals surface area (Å²) in [5, 5.41) is 0. The van der Waals surface area contributed by atoms with Gasteiger partial charge in [-0.15, -0.1) is 0 Å². The van der Waals surface area contributed by atoms with Crippen LogP contribution in [0.2, 0.25) is 0 Å². The molecule has 2 bridgehead atoms. The lowest BCUT2D eigenvalue weighted by atomic mass is 9.88. The van der Waals surface area contributed by atoms with Gasteiger partial charge in [0.2, 0.25) is 5.88 Å². The van der Waals surface area contributed by atoms with E-state index in [-0.39, 0.29) is 6.04 Å². The highest BCUT2D eigenvalue weighted by molar-refractivity contribution is 5.21. The molecule has 1 aromatic heterocycles. The minimum absolute atomic E-state index is 0.252. The van der Waals surface area contributed by atoms with Gasteiger partial charge in [-0.2, -0.15) is 0 Å². The molecule has 0 amide bonds. The van der Waals surface area contributed by atoms with Gasteiger partial charge in [0.15, 0.2) is 0 Å². The van der Waals surface area contributed by atoms with Crippen molar-refractivity contribution in [1.29, 1.82) is 0 Å². The molecule has 1 heterocycles. The monoisotopic (exact) mass is 289 g/mol. The average Bonchev–Trinajstić information content (AvgIpc) is 3.11. The van der Waals surface area contributed by atoms with Crippen molar-refractivity contribution >= 4 is 0 Å². The molecule has 4 unspecified atom stereocenters. The summed E-state index contributed by atoms with van der Waals surface area (Å²) in [7, 11) is 3.84. The van der Waals surface area contributed by atoms with Crippen LogP contribution in [-0.2, 0) is 0 Å². The van der Waals surface area contributed by atoms with E-state index in [0.29, 0.717) is 12.4 Å². The van der Waals surface area contributed by atoms with Crippen molar-refractivity contribution in [2.75, 3.05) is 27.2 Å². The van der Waals surface area contributed by atoms with Crippen LogP contribution in [0.3, 0.4) is 0 Å². The van der Waals surface area contributed by atoms with E-state index in [4.69, 9.17) is 10.5 Å². The number of pyridine rings is 1. The van der Waals surface area contributed by atoms with Crippen LogP contribution >= 0.6 is 0 Å². The van der Waals surface area contributed by atoms with E-state index in [1.165, 1.54) is 31.2 Å². The van der Waals surface area contributed by atoms with E-state index >= 15 is 0 Å². The van der Waals surface area contributed by atoms with E-state index in [1.807, 2.05) is 12.3 Å². The SMILES string of the molecule is COc1ccc(C(CN)N(C)CC2CC3CCC2C3)cn1. The van der Waals surface area contributed by atoms with Crippen LogP contribution < -0.4 is 10.5 Å². The number of aromatic nitrogens is 1. The maximum absolute atomic E-state index is 6.03. The molecule has 0 aliphatic heterocycles. The molecule has 3 rings (SSSR count). The number of rotatable bonds is 6. The second kappa shape index (κ2) is 6.32. The minimum Gasteiger partial charge on any atom is -0.481 e. The Bertz CT molecular complexity index is 462. The summed E-state index contributed by atoms with van der Waals surface area (Å²) in [5.74, 6) is 3.50. The fraction of sp³-hybridized carbons (Fsp3) is 0.706. The van der Waals surface area contributed by atoms with Crippen molar-refractivity contribution in [3.63, 3.8) is 0 Å². The Hall–Kier alpha value is -1.13. The Labute approximate surface area is 127 Å². The van der Waals surface area contributed by atoms with E-state index < -0.39 is 0 Å². The fourth-order valence-electron chi connectivity index (χ4n) is 4.38. The van der Waals surface area contributed by atoms with Crippen LogP contribution in [0.25, 0.3) is 0 Å². The van der Waals surface area contributed by atoms with Crippen molar-refractivity contribution in [3.8, 4) is 5.88 Å². The molecule has 116 valence electrons. The maximum Gasteiger partial charge on any atom is 0.212 e. The van der Waals surface area contributed by atoms with Gasteiger partial charge in [-0.1, -0.05) is 12.5 Å². The number of nitrogens with two attached hydrogens (primary N) is 1. The number of likely N-dealkylation sites (N-methyl/N-ethyl adjacent to an activating group) is 1. The summed E-state index contributed by atoms with van der Waals surface area (Å²) in [4.78, 5) is 6.74. The van der Waals surface area contributed by atoms with Crippen molar-refractivity contribution in [2.24, 2.45) is 23.5 Å². The third-order valence-corrected chi connectivity index (χ3v) is 5.52. The van der Waals surface area contributed by atoms with Gasteiger partial charge in [0.25, 0.3) is 0 Å². The van der Waals surface area contributed by atoms with E-state index in [1.54, 1.807) is 7.11 Å². The number of ether oxygens (including phenoxy) is 1. The Balaban J connectivity index is 1.64. The summed E-state index contributed by atoms with van der Waals surface area (Å²) in [6.07, 6.45) is 7.70. The molecule has 0 aromatic carbocycles. The normalized spacial score (nSPS) is 29.0. The Morgan fingerprint density at radius 2 is 2.24 bits per heavy atom. The highest BCUT2D eigenvalue weighted by Gasteiger charge is 2.40. The summed E-state index contributed by atoms with van der Waals surface area (Å²) < 4.78 is 5.13. The lowest BCUT2D eigenvalue weighted by Crippen LogP contribution is -2.35. The third kappa shape index (κ3) is 3.06. The van der Waals surface area contributed by atoms with Gasteiger partial charge >= 0.3 is 0 Å². The predicted octanol–water partition coefficient (Wildman–Crippen LogP) is 2.46. The lowest BCUT2D eigenvalue weighted by Gasteiger charge is -2.32. The van der Waals surface area contributed by atoms with E-state index in [9.17, 15) is 0 Å². The summed E-state index contributed by atoms with van der Waals surface area (Å²) >= 11 is 0. The molecule has 4 nitrogen and oxygen atoms in total. The van der Waals surface area contributed by atoms with Gasteiger partial charge in [-0.05, 0) is 49.6 Å². The zero-order valence-electron chi connectivity index (χ0n) is 13.2. The number of nitrogens with zero attached hydrogens (tertiary/aromatic N) is 2. The van der Waals surface area contributed by atoms with Crippen molar-refractivity contribution in [3.05, 3.63) is 23.9 Å². The van der Waals surface area contributed by atoms with Gasteiger partial charge < -0.3 is 10.5 Å². The highest BCUT2D eigenvalue weighted by atomic mass is 16.5. The second-order valence-corrected chi connectivity index (χ2v) is 6.76. The molecule has 0 saturated heterocycles. The molecule has 2 aliphatic rings. The molecule has 2 saturated carbocycles. The molecule has 0 radical (unpaired) electrons. The largest absolute Gasteiger partial charge is 0.481 e. The van der Waals surface area contributed by atoms with Gasteiger partial charge in [0.1, 0.15) is 0 Å². The molecular weight excluding hydrogens is 262 g/mol. The zero-order valence-corrected chi connectivity index (χ0v) is 13.2. The third-order valence-electron chi connectivity index (χ3n) is 5.52. The average molecular weight is 289 g/mol. The van der Waals surface area contributed by atoms with Crippen LogP contribution in [-0.4, -0.2) is 37.1 Å². The minimum atomic E-state index is 0.252. The Morgan fingerprint density at radius 1 is 1.38 bits per heavy atom. The molecule has 2 N–H and O–H groups in total. The Kier molecular flexibility index (Phi) is 4.45. The first-order valence-electron chi connectivity index (χ1n) is 8.11. The summed E-state index contributed by atoms with van der Waals surface area (Å²) in [5.41, 5.74) is 7.21. The number of hydrogen-bond acceptors (Lipinski definition) is 4. The lowest BCUT2D eigenvalue weighted by molar-refractivity contribution is 0.175. The van der Waals surface area contributed by atoms with E-state index in [0.717, 1.165) is 24.3 Å². The maximum atomic E-state index is 6.03. The molecule has 2 aliphatic carbocycles. The quantitative estimate of drug-likeness (QED) is 0.874. The predicted molar refractivity (Wildman–Crippen MR) is 84.2 cm³/mol. The molecule has 21 heavy (non-hydrogen) atoms. The van der Waals surface area contributed by atoms with Crippen molar-refractivity contribution in [2.45, 2.75) is 31.7 Å². The fourth-order valence-corrected chi connectivity index (χ4v) is 4.38. The zero-order chi connectivity index (χ0) is 14.8. The molecular formula is C17H27N3O. The number of fused-ring (bicyclic) bond motifs is 2. The van der Waals surface area contributed by atoms with Crippen LogP contribution in [0, 0.1) is 17.8 Å². The molecule has 4 atom stereocenters. The van der Waals surface area contributed by atoms with Crippen LogP contribution in [0.5, 0.6) is 5.88 Å². The van der Waals surface area contributed by atoms with Crippen LogP contribution in [0.1, 0.15) is 37.3 Å². The first-order chi connectivity index (χ1) is 10.2. The van der Waals surface area contributed by atoms with Crippen molar-refractivity contribution in [1.82, 2.24) is 9.88 Å². The molecule has 2 fully saturated rings. The topological polar surface area (TPSA) is 51.4 Å². The summed E-state index contributed by atoms with van der Waals surface area (Å²) in [6, 6.07) is 4.26. The molecule has 0 spiro atoms. The second-order valence-electron chi connectivity index (χ2n) is 6.76. The van der Waals surface area contributed by atoms with Crippen LogP contribution in [0.4, 0.5) is 0 Å². The number of hydrogen-bond donors (Lipinski definition) is 1. The smallest absolute Gasteiger partial charge is 0.212 e. The van der Waals surface area contributed by atoms with Crippen molar-refractivity contribution < 1.29 is 4.74 Å². The standard InChI is InChI=1S/C17H27N3O/c1-20(11-15-8-12-3-4-13(15)7-12)16(9-18)14-5-6-17(21-2)19-10-14/h5-6,10,12-13,15-16H,3-4,7-9,11,18H2,1-2H3. The first-order valence-corrected chi connectivity index (χ1v) is 8.11. The van der Waals surface area contributed by atoms with Crippen LogP contribution in [0.15, 0.2) is 18.3 Å². The number of methoxy groups -OCH3 is 1. The van der Waals surface area contributed by atoms with Gasteiger partial charge in [0.05, 0.1) is 7.11 Å². The Morgan fingerprint density at radius 3 is 2.76 bits per heavy atom. The summed E-state index contributed by atoms with van der Waals surface area (Å²) in [6.45, 7) is 1.79. The van der Waals surface area contributed by atoms with Gasteiger partial charge in [-0.3, -0.25) is 4.90 Å². The molecule has 4 heteroatoms. The van der Waals surface area contributed by atoms with Gasteiger partial charge in [-0.25, -0.2) is 4.98 Å².